The summed E-state index contributed by atoms with van der Waals surface area (Å²) in [6, 6.07) is 5.23. The zero-order valence-electron chi connectivity index (χ0n) is 14.5. The minimum Gasteiger partial charge on any atom is -0.312 e. The highest BCUT2D eigenvalue weighted by Crippen LogP contribution is 2.32. The van der Waals surface area contributed by atoms with Crippen molar-refractivity contribution in [3.05, 3.63) is 23.8 Å². The third kappa shape index (κ3) is 3.09. The van der Waals surface area contributed by atoms with E-state index in [4.69, 9.17) is 0 Å². The SMILES string of the molecule is CCC(C)C(=O)N1CCc2cc(S(=O)(=O)N3CCCCC3)ccc21. The molecule has 0 aromatic heterocycles. The van der Waals surface area contributed by atoms with Gasteiger partial charge < -0.3 is 4.90 Å². The average Bonchev–Trinajstić information content (AvgIpc) is 3.04. The van der Waals surface area contributed by atoms with Gasteiger partial charge >= 0.3 is 0 Å². The van der Waals surface area contributed by atoms with Crippen molar-refractivity contribution in [3.63, 3.8) is 0 Å². The van der Waals surface area contributed by atoms with Gasteiger partial charge in [0, 0.05) is 31.2 Å². The fourth-order valence-electron chi connectivity index (χ4n) is 3.46. The van der Waals surface area contributed by atoms with Crippen LogP contribution >= 0.6 is 0 Å². The van der Waals surface area contributed by atoms with E-state index < -0.39 is 10.0 Å². The molecule has 1 amide bonds. The Hall–Kier alpha value is -1.40. The van der Waals surface area contributed by atoms with Crippen LogP contribution < -0.4 is 4.90 Å². The van der Waals surface area contributed by atoms with Crippen LogP contribution in [0.4, 0.5) is 5.69 Å². The minimum absolute atomic E-state index is 0.00675. The van der Waals surface area contributed by atoms with Crippen molar-refractivity contribution < 1.29 is 13.2 Å². The summed E-state index contributed by atoms with van der Waals surface area (Å²) in [5.41, 5.74) is 1.84. The van der Waals surface area contributed by atoms with Crippen molar-refractivity contribution in [2.45, 2.75) is 50.8 Å². The average molecular weight is 350 g/mol. The number of carbonyl (C=O) groups excluding carboxylic acids is 1. The van der Waals surface area contributed by atoms with E-state index in [0.29, 0.717) is 24.5 Å². The highest BCUT2D eigenvalue weighted by Gasteiger charge is 2.31. The van der Waals surface area contributed by atoms with Gasteiger partial charge in [-0.05, 0) is 49.4 Å². The van der Waals surface area contributed by atoms with Gasteiger partial charge in [0.05, 0.1) is 4.90 Å². The molecule has 2 heterocycles. The van der Waals surface area contributed by atoms with Gasteiger partial charge in [-0.1, -0.05) is 20.3 Å². The van der Waals surface area contributed by atoms with Crippen LogP contribution in [-0.2, 0) is 21.2 Å². The number of sulfonamides is 1. The molecular weight excluding hydrogens is 324 g/mol. The summed E-state index contributed by atoms with van der Waals surface area (Å²) in [5.74, 6) is 0.121. The lowest BCUT2D eigenvalue weighted by molar-refractivity contribution is -0.121. The highest BCUT2D eigenvalue weighted by atomic mass is 32.2. The number of benzene rings is 1. The Morgan fingerprint density at radius 2 is 1.88 bits per heavy atom. The predicted octanol–water partition coefficient (Wildman–Crippen LogP) is 2.80. The molecule has 0 spiro atoms. The van der Waals surface area contributed by atoms with Crippen LogP contribution in [0.15, 0.2) is 23.1 Å². The number of piperidine rings is 1. The number of amides is 1. The molecule has 3 rings (SSSR count). The first-order valence-electron chi connectivity index (χ1n) is 8.89. The number of nitrogens with zero attached hydrogens (tertiary/aromatic N) is 2. The summed E-state index contributed by atoms with van der Waals surface area (Å²) in [6.45, 7) is 5.81. The largest absolute Gasteiger partial charge is 0.312 e. The fourth-order valence-corrected chi connectivity index (χ4v) is 5.03. The van der Waals surface area contributed by atoms with Crippen LogP contribution in [0.3, 0.4) is 0 Å². The third-order valence-corrected chi connectivity index (χ3v) is 7.09. The second-order valence-electron chi connectivity index (χ2n) is 6.80. The summed E-state index contributed by atoms with van der Waals surface area (Å²) < 4.78 is 27.2. The molecule has 1 atom stereocenters. The van der Waals surface area contributed by atoms with E-state index in [2.05, 4.69) is 0 Å². The summed E-state index contributed by atoms with van der Waals surface area (Å²) in [4.78, 5) is 14.6. The maximum Gasteiger partial charge on any atom is 0.243 e. The molecule has 1 aromatic carbocycles. The maximum absolute atomic E-state index is 12.8. The molecule has 0 aliphatic carbocycles. The van der Waals surface area contributed by atoms with Crippen molar-refractivity contribution >= 4 is 21.6 Å². The fraction of sp³-hybridized carbons (Fsp3) is 0.611. The highest BCUT2D eigenvalue weighted by molar-refractivity contribution is 7.89. The molecule has 1 fully saturated rings. The zero-order valence-corrected chi connectivity index (χ0v) is 15.3. The van der Waals surface area contributed by atoms with Gasteiger partial charge in [-0.2, -0.15) is 4.31 Å². The number of rotatable bonds is 4. The summed E-state index contributed by atoms with van der Waals surface area (Å²) in [6.07, 6.45) is 4.50. The van der Waals surface area contributed by atoms with Crippen LogP contribution in [0.25, 0.3) is 0 Å². The van der Waals surface area contributed by atoms with E-state index in [0.717, 1.165) is 43.4 Å². The zero-order chi connectivity index (χ0) is 17.3. The lowest BCUT2D eigenvalue weighted by Gasteiger charge is -2.26. The smallest absolute Gasteiger partial charge is 0.243 e. The van der Waals surface area contributed by atoms with E-state index in [-0.39, 0.29) is 11.8 Å². The van der Waals surface area contributed by atoms with Gasteiger partial charge in [0.15, 0.2) is 0 Å². The Bertz CT molecular complexity index is 724. The molecule has 0 N–H and O–H groups in total. The Morgan fingerprint density at radius 1 is 1.17 bits per heavy atom. The standard InChI is InChI=1S/C18H26N2O3S/c1-3-14(2)18(21)20-12-9-15-13-16(7-8-17(15)20)24(22,23)19-10-5-4-6-11-19/h7-8,13-14H,3-6,9-12H2,1-2H3. The molecule has 0 bridgehead atoms. The minimum atomic E-state index is -3.41. The van der Waals surface area contributed by atoms with Gasteiger partial charge in [0.2, 0.25) is 15.9 Å². The molecule has 6 heteroatoms. The lowest BCUT2D eigenvalue weighted by atomic mass is 10.1. The molecule has 5 nitrogen and oxygen atoms in total. The Balaban J connectivity index is 1.86. The molecule has 1 saturated heterocycles. The first-order chi connectivity index (χ1) is 11.4. The predicted molar refractivity (Wildman–Crippen MR) is 94.6 cm³/mol. The Morgan fingerprint density at radius 3 is 2.54 bits per heavy atom. The van der Waals surface area contributed by atoms with Crippen molar-refractivity contribution in [1.29, 1.82) is 0 Å². The number of hydrogen-bond donors (Lipinski definition) is 0. The van der Waals surface area contributed by atoms with E-state index in [1.807, 2.05) is 13.8 Å². The van der Waals surface area contributed by atoms with Gasteiger partial charge in [-0.3, -0.25) is 4.79 Å². The van der Waals surface area contributed by atoms with Gasteiger partial charge in [0.25, 0.3) is 0 Å². The topological polar surface area (TPSA) is 57.7 Å². The van der Waals surface area contributed by atoms with E-state index in [1.165, 1.54) is 0 Å². The molecule has 0 radical (unpaired) electrons. The summed E-state index contributed by atoms with van der Waals surface area (Å²) in [7, 11) is -3.41. The number of anilines is 1. The second-order valence-corrected chi connectivity index (χ2v) is 8.74. The number of carbonyl (C=O) groups is 1. The van der Waals surface area contributed by atoms with Gasteiger partial charge in [-0.25, -0.2) is 8.42 Å². The molecule has 2 aliphatic rings. The molecule has 24 heavy (non-hydrogen) atoms. The quantitative estimate of drug-likeness (QED) is 0.839. The molecule has 0 saturated carbocycles. The Labute approximate surface area is 144 Å². The normalized spacial score (nSPS) is 20.0. The molecule has 2 aliphatic heterocycles. The summed E-state index contributed by atoms with van der Waals surface area (Å²) >= 11 is 0. The van der Waals surface area contributed by atoms with Gasteiger partial charge in [-0.15, -0.1) is 0 Å². The second kappa shape index (κ2) is 6.84. The van der Waals surface area contributed by atoms with Crippen molar-refractivity contribution in [1.82, 2.24) is 4.31 Å². The van der Waals surface area contributed by atoms with Gasteiger partial charge in [0.1, 0.15) is 0 Å². The van der Waals surface area contributed by atoms with Crippen LogP contribution in [0.2, 0.25) is 0 Å². The number of fused-ring (bicyclic) bond motifs is 1. The van der Waals surface area contributed by atoms with Crippen molar-refractivity contribution in [2.75, 3.05) is 24.5 Å². The molecule has 1 unspecified atom stereocenters. The van der Waals surface area contributed by atoms with E-state index in [1.54, 1.807) is 27.4 Å². The van der Waals surface area contributed by atoms with Crippen molar-refractivity contribution in [3.8, 4) is 0 Å². The lowest BCUT2D eigenvalue weighted by Crippen LogP contribution is -2.35. The Kier molecular flexibility index (Phi) is 4.97. The number of hydrogen-bond acceptors (Lipinski definition) is 3. The maximum atomic E-state index is 12.8. The molecule has 1 aromatic rings. The van der Waals surface area contributed by atoms with Crippen LogP contribution in [0.5, 0.6) is 0 Å². The first kappa shape index (κ1) is 17.4. The summed E-state index contributed by atoms with van der Waals surface area (Å²) in [5, 5.41) is 0. The van der Waals surface area contributed by atoms with Crippen molar-refractivity contribution in [2.24, 2.45) is 5.92 Å². The van der Waals surface area contributed by atoms with Crippen LogP contribution in [0, 0.1) is 5.92 Å². The molecular formula is C18H26N2O3S. The monoisotopic (exact) mass is 350 g/mol. The third-order valence-electron chi connectivity index (χ3n) is 5.20. The van der Waals surface area contributed by atoms with E-state index >= 15 is 0 Å². The van der Waals surface area contributed by atoms with E-state index in [9.17, 15) is 13.2 Å². The first-order valence-corrected chi connectivity index (χ1v) is 10.3. The van der Waals surface area contributed by atoms with Crippen LogP contribution in [0.1, 0.15) is 45.1 Å². The molecule has 132 valence electrons. The van der Waals surface area contributed by atoms with Crippen LogP contribution in [-0.4, -0.2) is 38.3 Å².